The second-order valence-electron chi connectivity index (χ2n) is 23.6. The van der Waals surface area contributed by atoms with Gasteiger partial charge in [0, 0.05) is 11.5 Å². The van der Waals surface area contributed by atoms with Crippen LogP contribution in [0, 0.1) is 0 Å². The summed E-state index contributed by atoms with van der Waals surface area (Å²) in [6.07, 6.45) is -22.5. The maximum Gasteiger partial charge on any atom is 0.407 e. The van der Waals surface area contributed by atoms with Gasteiger partial charge in [-0.3, -0.25) is 0 Å². The number of nitrogens with zero attached hydrogens (tertiary/aromatic N) is 3. The molecular formula is C77H74N4O20. The Bertz CT molecular complexity index is 4000. The maximum atomic E-state index is 15.1. The van der Waals surface area contributed by atoms with E-state index in [0.717, 1.165) is 11.1 Å². The standard InChI is InChI=1S/C77H74N4O20/c1-49-61(89-45-51-27-11-3-12-28-51)64(67(98-72(85)57-39-23-9-24-40-57)74(93-49)88-44-43-79-77(87)92-47-53-31-15-5-16-32-53)100-75-68(99-73(86)58-41-25-10-26-42-58)65(62(50(2)94-75)90-46-52-29-13-4-14-30-52)101-76-66(97-71(84)56-37-21-8-22-38-56)63(96-70(83)55-35-19-7-20-36-55)60(80-81-78)59(95-76)48-91-69(82)54-33-17-6-18-34-54/h3-42,49-50,59-68,74-76H,43-48H2,1-2H3,(H,79,87)/t49-,50-,59+,60+,61-,62-,63-,64+,65+,66+,67+,68+,74+,75-,76-/m0/s1. The van der Waals surface area contributed by atoms with Crippen molar-refractivity contribution in [3.8, 4) is 0 Å². The highest BCUT2D eigenvalue weighted by molar-refractivity contribution is 5.92. The second kappa shape index (κ2) is 35.9. The van der Waals surface area contributed by atoms with Gasteiger partial charge in [0.2, 0.25) is 0 Å². The van der Waals surface area contributed by atoms with Crippen molar-refractivity contribution in [2.24, 2.45) is 5.11 Å². The molecule has 3 saturated heterocycles. The van der Waals surface area contributed by atoms with Crippen molar-refractivity contribution in [1.29, 1.82) is 0 Å². The van der Waals surface area contributed by atoms with Crippen molar-refractivity contribution < 1.29 is 95.1 Å². The van der Waals surface area contributed by atoms with Gasteiger partial charge in [-0.05, 0) is 96.7 Å². The molecule has 1 amide bonds. The Hall–Kier alpha value is -10.6. The van der Waals surface area contributed by atoms with Crippen LogP contribution in [-0.2, 0) is 86.1 Å². The van der Waals surface area contributed by atoms with Gasteiger partial charge in [-0.15, -0.1) is 0 Å². The number of carbonyl (C=O) groups is 6. The molecule has 11 rings (SSSR count). The largest absolute Gasteiger partial charge is 0.459 e. The summed E-state index contributed by atoms with van der Waals surface area (Å²) in [5.41, 5.74) is 13.0. The fourth-order valence-corrected chi connectivity index (χ4v) is 11.6. The van der Waals surface area contributed by atoms with Gasteiger partial charge in [0.25, 0.3) is 0 Å². The summed E-state index contributed by atoms with van der Waals surface area (Å²) in [5, 5.41) is 6.75. The highest BCUT2D eigenvalue weighted by Gasteiger charge is 2.58. The van der Waals surface area contributed by atoms with Gasteiger partial charge in [-0.2, -0.15) is 0 Å². The summed E-state index contributed by atoms with van der Waals surface area (Å²) in [4.78, 5) is 89.0. The third-order valence-corrected chi connectivity index (χ3v) is 16.7. The molecule has 1 N–H and O–H groups in total. The Morgan fingerprint density at radius 3 is 1.13 bits per heavy atom. The van der Waals surface area contributed by atoms with Gasteiger partial charge in [-0.25, -0.2) is 28.8 Å². The van der Waals surface area contributed by atoms with Gasteiger partial charge >= 0.3 is 35.9 Å². The molecule has 0 saturated carbocycles. The van der Waals surface area contributed by atoms with Crippen LogP contribution in [0.5, 0.6) is 0 Å². The average Bonchev–Trinajstić information content (AvgIpc) is 0.764. The van der Waals surface area contributed by atoms with Crippen LogP contribution < -0.4 is 5.32 Å². The van der Waals surface area contributed by atoms with E-state index in [0.29, 0.717) is 5.56 Å². The van der Waals surface area contributed by atoms with Crippen molar-refractivity contribution in [2.75, 3.05) is 19.8 Å². The Balaban J connectivity index is 1.02. The van der Waals surface area contributed by atoms with E-state index in [1.165, 1.54) is 48.5 Å². The molecule has 15 atom stereocenters. The van der Waals surface area contributed by atoms with Crippen molar-refractivity contribution in [3.05, 3.63) is 298 Å². The van der Waals surface area contributed by atoms with Crippen molar-refractivity contribution >= 4 is 35.9 Å². The fraction of sp³-hybridized carbons (Fsp3) is 0.299. The summed E-state index contributed by atoms with van der Waals surface area (Å²) in [6, 6.07) is 65.6. The number of carbonyl (C=O) groups excluding carboxylic acids is 6. The molecule has 3 fully saturated rings. The van der Waals surface area contributed by atoms with Crippen LogP contribution in [0.2, 0.25) is 0 Å². The summed E-state index contributed by atoms with van der Waals surface area (Å²) in [6.45, 7) is 2.18. The number of azide groups is 1. The van der Waals surface area contributed by atoms with Gasteiger partial charge in [-0.1, -0.05) is 187 Å². The molecule has 0 radical (unpaired) electrons. The van der Waals surface area contributed by atoms with Gasteiger partial charge in [0.15, 0.2) is 43.3 Å². The molecule has 8 aromatic carbocycles. The number of rotatable bonds is 28. The third-order valence-electron chi connectivity index (χ3n) is 16.7. The molecule has 3 aliphatic rings. The Morgan fingerprint density at radius 2 is 0.723 bits per heavy atom. The smallest absolute Gasteiger partial charge is 0.407 e. The van der Waals surface area contributed by atoms with Crippen LogP contribution in [0.3, 0.4) is 0 Å². The van der Waals surface area contributed by atoms with Crippen LogP contribution >= 0.6 is 0 Å². The van der Waals surface area contributed by atoms with Crippen LogP contribution in [0.25, 0.3) is 10.4 Å². The molecule has 24 nitrogen and oxygen atoms in total. The zero-order chi connectivity index (χ0) is 70.3. The van der Waals surface area contributed by atoms with E-state index in [2.05, 4.69) is 15.3 Å². The number of alkyl carbamates (subject to hydrolysis) is 1. The first-order valence-electron chi connectivity index (χ1n) is 32.8. The lowest BCUT2D eigenvalue weighted by molar-refractivity contribution is -0.376. The van der Waals surface area contributed by atoms with E-state index in [4.69, 9.17) is 66.3 Å². The maximum absolute atomic E-state index is 15.1. The van der Waals surface area contributed by atoms with Gasteiger partial charge < -0.3 is 71.6 Å². The first-order valence-corrected chi connectivity index (χ1v) is 32.8. The summed E-state index contributed by atoms with van der Waals surface area (Å²) >= 11 is 0. The normalized spacial score (nSPS) is 24.6. The second-order valence-corrected chi connectivity index (χ2v) is 23.6. The quantitative estimate of drug-likeness (QED) is 0.0119. The number of esters is 5. The third kappa shape index (κ3) is 19.4. The van der Waals surface area contributed by atoms with Crippen LogP contribution in [0.4, 0.5) is 4.79 Å². The van der Waals surface area contributed by atoms with E-state index >= 15 is 4.79 Å². The predicted octanol–water partition coefficient (Wildman–Crippen LogP) is 11.5. The lowest BCUT2D eigenvalue weighted by atomic mass is 9.94. The molecular weight excluding hydrogens is 1300 g/mol. The SMILES string of the molecule is C[C@@H]1O[C@@H](OCCNC(=O)OCc2ccccc2)[C@H](OC(=O)c2ccccc2)[C@H](O[C@@H]2O[C@@H](C)[C@H](OCc3ccccc3)[C@@H](O[C@@H]3O[C@H](COC(=O)c4ccccc4)[C@@H](N=[N+]=[N-])[C@H](OC(=O)c4ccccc4)[C@H]3OC(=O)c3ccccc3)[C@H]2OC(=O)c2ccccc2)[C@H]1OCc1ccccc1. The number of nitrogens with one attached hydrogen (secondary N) is 1. The highest BCUT2D eigenvalue weighted by Crippen LogP contribution is 2.40. The molecule has 24 heteroatoms. The Labute approximate surface area is 582 Å². The summed E-state index contributed by atoms with van der Waals surface area (Å²) in [7, 11) is 0. The zero-order valence-corrected chi connectivity index (χ0v) is 55.0. The minimum atomic E-state index is -1.98. The Kier molecular flexibility index (Phi) is 25.5. The van der Waals surface area contributed by atoms with Crippen molar-refractivity contribution in [1.82, 2.24) is 5.32 Å². The first-order chi connectivity index (χ1) is 49.4. The molecule has 0 aliphatic carbocycles. The molecule has 0 spiro atoms. The van der Waals surface area contributed by atoms with E-state index in [9.17, 15) is 29.5 Å². The number of ether oxygens (including phenoxy) is 14. The van der Waals surface area contributed by atoms with Crippen LogP contribution in [0.15, 0.2) is 248 Å². The fourth-order valence-electron chi connectivity index (χ4n) is 11.6. The number of benzene rings is 8. The van der Waals surface area contributed by atoms with Gasteiger partial charge in [0.1, 0.15) is 49.8 Å². The van der Waals surface area contributed by atoms with E-state index in [1.54, 1.807) is 117 Å². The van der Waals surface area contributed by atoms with E-state index < -0.39 is 135 Å². The minimum absolute atomic E-state index is 0.00161. The summed E-state index contributed by atoms with van der Waals surface area (Å²) < 4.78 is 92.3. The summed E-state index contributed by atoms with van der Waals surface area (Å²) in [5.74, 6) is -4.52. The molecule has 0 unspecified atom stereocenters. The lowest BCUT2D eigenvalue weighted by Gasteiger charge is -2.50. The minimum Gasteiger partial charge on any atom is -0.459 e. The lowest BCUT2D eigenvalue weighted by Crippen LogP contribution is -2.67. The first kappa shape index (κ1) is 71.6. The van der Waals surface area contributed by atoms with E-state index in [-0.39, 0.29) is 60.8 Å². The molecule has 8 aromatic rings. The zero-order valence-electron chi connectivity index (χ0n) is 55.0. The molecule has 3 heterocycles. The molecule has 101 heavy (non-hydrogen) atoms. The number of hydrogen-bond acceptors (Lipinski definition) is 21. The highest BCUT2D eigenvalue weighted by atomic mass is 16.8. The van der Waals surface area contributed by atoms with Crippen molar-refractivity contribution in [3.63, 3.8) is 0 Å². The topological polar surface area (TPSA) is 292 Å². The molecule has 522 valence electrons. The monoisotopic (exact) mass is 1370 g/mol. The van der Waals surface area contributed by atoms with Crippen molar-refractivity contribution in [2.45, 2.75) is 126 Å². The van der Waals surface area contributed by atoms with E-state index in [1.807, 2.05) is 91.0 Å². The molecule has 3 aliphatic heterocycles. The predicted molar refractivity (Wildman–Crippen MR) is 360 cm³/mol. The van der Waals surface area contributed by atoms with Crippen LogP contribution in [-0.4, -0.2) is 148 Å². The molecule has 0 bridgehead atoms. The molecule has 0 aromatic heterocycles. The van der Waals surface area contributed by atoms with Gasteiger partial charge in [0.05, 0.1) is 59.8 Å². The average molecular weight is 1380 g/mol. The Morgan fingerprint density at radius 1 is 0.386 bits per heavy atom. The number of amides is 1. The number of hydrogen-bond donors (Lipinski definition) is 1. The van der Waals surface area contributed by atoms with Crippen LogP contribution in [0.1, 0.15) is 82.3 Å².